The summed E-state index contributed by atoms with van der Waals surface area (Å²) in [6.07, 6.45) is 1.98. The fourth-order valence-electron chi connectivity index (χ4n) is 2.29. The summed E-state index contributed by atoms with van der Waals surface area (Å²) in [7, 11) is 1.72. The topological polar surface area (TPSA) is 34.2 Å². The first-order valence-electron chi connectivity index (χ1n) is 7.11. The van der Waals surface area contributed by atoms with E-state index in [1.54, 1.807) is 18.4 Å². The highest BCUT2D eigenvalue weighted by molar-refractivity contribution is 9.10. The molecule has 0 aliphatic carbocycles. The maximum absolute atomic E-state index is 5.54. The van der Waals surface area contributed by atoms with Crippen LogP contribution in [0.5, 0.6) is 5.75 Å². The first-order valence-corrected chi connectivity index (χ1v) is 8.79. The predicted octanol–water partition coefficient (Wildman–Crippen LogP) is 4.51. The summed E-state index contributed by atoms with van der Waals surface area (Å²) >= 11 is 5.20. The molecule has 2 aromatic rings. The van der Waals surface area contributed by atoms with Gasteiger partial charge in [0.2, 0.25) is 0 Å². The Bertz CT molecular complexity index is 585. The van der Waals surface area contributed by atoms with Gasteiger partial charge >= 0.3 is 0 Å². The van der Waals surface area contributed by atoms with E-state index in [1.807, 2.05) is 13.0 Å². The van der Waals surface area contributed by atoms with Crippen LogP contribution in [-0.4, -0.2) is 18.6 Å². The van der Waals surface area contributed by atoms with E-state index < -0.39 is 0 Å². The van der Waals surface area contributed by atoms with Gasteiger partial charge in [-0.15, -0.1) is 11.3 Å². The second kappa shape index (κ2) is 7.92. The van der Waals surface area contributed by atoms with E-state index in [9.17, 15) is 0 Å². The van der Waals surface area contributed by atoms with Crippen LogP contribution in [0.15, 0.2) is 28.1 Å². The number of ether oxygens (including phenoxy) is 1. The average Bonchev–Trinajstić information content (AvgIpc) is 2.88. The van der Waals surface area contributed by atoms with Crippen molar-refractivity contribution in [3.05, 3.63) is 44.3 Å². The van der Waals surface area contributed by atoms with E-state index in [0.29, 0.717) is 0 Å². The van der Waals surface area contributed by atoms with Crippen LogP contribution in [0.25, 0.3) is 0 Å². The summed E-state index contributed by atoms with van der Waals surface area (Å²) in [5.41, 5.74) is 2.32. The summed E-state index contributed by atoms with van der Waals surface area (Å²) < 4.78 is 6.57. The number of rotatable bonds is 7. The molecule has 0 saturated heterocycles. The standard InChI is InChI=1S/C16H21BrN2OS/c1-4-7-18-15(9-13-10-21-11(2)19-13)14-6-5-12(17)8-16(14)20-3/h5-6,8,10,15,18H,4,7,9H2,1-3H3. The van der Waals surface area contributed by atoms with Crippen molar-refractivity contribution in [2.24, 2.45) is 0 Å². The first-order chi connectivity index (χ1) is 10.1. The molecular formula is C16H21BrN2OS. The fraction of sp³-hybridized carbons (Fsp3) is 0.438. The highest BCUT2D eigenvalue weighted by atomic mass is 79.9. The largest absolute Gasteiger partial charge is 0.496 e. The molecule has 0 aliphatic heterocycles. The molecule has 3 nitrogen and oxygen atoms in total. The Morgan fingerprint density at radius 3 is 2.86 bits per heavy atom. The third kappa shape index (κ3) is 4.53. The number of nitrogens with zero attached hydrogens (tertiary/aromatic N) is 1. The summed E-state index contributed by atoms with van der Waals surface area (Å²) in [5.74, 6) is 0.907. The number of thiazole rings is 1. The van der Waals surface area contributed by atoms with Crippen LogP contribution < -0.4 is 10.1 Å². The molecule has 2 rings (SSSR count). The van der Waals surface area contributed by atoms with Crippen molar-refractivity contribution in [3.63, 3.8) is 0 Å². The monoisotopic (exact) mass is 368 g/mol. The Labute approximate surface area is 138 Å². The molecule has 114 valence electrons. The van der Waals surface area contributed by atoms with Crippen LogP contribution in [0.4, 0.5) is 0 Å². The number of nitrogens with one attached hydrogen (secondary N) is 1. The molecule has 0 fully saturated rings. The van der Waals surface area contributed by atoms with Crippen molar-refractivity contribution in [1.82, 2.24) is 10.3 Å². The Hall–Kier alpha value is -0.910. The van der Waals surface area contributed by atoms with Gasteiger partial charge in [-0.25, -0.2) is 4.98 Å². The zero-order valence-corrected chi connectivity index (χ0v) is 15.1. The van der Waals surface area contributed by atoms with Gasteiger partial charge in [-0.05, 0) is 32.0 Å². The minimum absolute atomic E-state index is 0.217. The molecular weight excluding hydrogens is 348 g/mol. The number of hydrogen-bond acceptors (Lipinski definition) is 4. The van der Waals surface area contributed by atoms with Gasteiger partial charge in [0.05, 0.1) is 17.8 Å². The molecule has 1 N–H and O–H groups in total. The minimum Gasteiger partial charge on any atom is -0.496 e. The average molecular weight is 369 g/mol. The molecule has 1 heterocycles. The molecule has 5 heteroatoms. The molecule has 1 aromatic carbocycles. The lowest BCUT2D eigenvalue weighted by atomic mass is 10.0. The van der Waals surface area contributed by atoms with Gasteiger partial charge < -0.3 is 10.1 Å². The Balaban J connectivity index is 2.26. The van der Waals surface area contributed by atoms with Gasteiger partial charge in [0.25, 0.3) is 0 Å². The van der Waals surface area contributed by atoms with E-state index in [1.165, 1.54) is 5.56 Å². The van der Waals surface area contributed by atoms with E-state index >= 15 is 0 Å². The molecule has 1 unspecified atom stereocenters. The Kier molecular flexibility index (Phi) is 6.21. The molecule has 0 aliphatic rings. The van der Waals surface area contributed by atoms with Crippen molar-refractivity contribution in [2.75, 3.05) is 13.7 Å². The quantitative estimate of drug-likeness (QED) is 0.780. The van der Waals surface area contributed by atoms with E-state index in [2.05, 4.69) is 50.7 Å². The van der Waals surface area contributed by atoms with Gasteiger partial charge in [-0.2, -0.15) is 0 Å². The second-order valence-electron chi connectivity index (χ2n) is 4.95. The maximum atomic E-state index is 5.54. The smallest absolute Gasteiger partial charge is 0.124 e. The van der Waals surface area contributed by atoms with Gasteiger partial charge in [-0.1, -0.05) is 28.9 Å². The minimum atomic E-state index is 0.217. The molecule has 1 atom stereocenters. The summed E-state index contributed by atoms with van der Waals surface area (Å²) in [6.45, 7) is 5.20. The highest BCUT2D eigenvalue weighted by Gasteiger charge is 2.17. The maximum Gasteiger partial charge on any atom is 0.124 e. The molecule has 1 aromatic heterocycles. The lowest BCUT2D eigenvalue weighted by Crippen LogP contribution is -2.24. The molecule has 0 saturated carbocycles. The SMILES string of the molecule is CCCNC(Cc1csc(C)n1)c1ccc(Br)cc1OC. The van der Waals surface area contributed by atoms with Crippen LogP contribution in [-0.2, 0) is 6.42 Å². The second-order valence-corrected chi connectivity index (χ2v) is 6.93. The van der Waals surface area contributed by atoms with Gasteiger partial charge in [0.15, 0.2) is 0 Å². The van der Waals surface area contributed by atoms with Crippen LogP contribution >= 0.6 is 27.3 Å². The number of aromatic nitrogens is 1. The summed E-state index contributed by atoms with van der Waals surface area (Å²) in [4.78, 5) is 4.59. The van der Waals surface area contributed by atoms with Gasteiger partial charge in [0.1, 0.15) is 5.75 Å². The van der Waals surface area contributed by atoms with Crippen molar-refractivity contribution in [2.45, 2.75) is 32.7 Å². The third-order valence-electron chi connectivity index (χ3n) is 3.29. The van der Waals surface area contributed by atoms with E-state index in [0.717, 1.165) is 40.3 Å². The number of halogens is 1. The highest BCUT2D eigenvalue weighted by Crippen LogP contribution is 2.30. The molecule has 0 radical (unpaired) electrons. The fourth-order valence-corrected chi connectivity index (χ4v) is 3.26. The normalized spacial score (nSPS) is 12.4. The van der Waals surface area contributed by atoms with Crippen molar-refractivity contribution < 1.29 is 4.74 Å². The number of methoxy groups -OCH3 is 1. The molecule has 0 amide bonds. The molecule has 21 heavy (non-hydrogen) atoms. The Morgan fingerprint density at radius 1 is 1.43 bits per heavy atom. The lowest BCUT2D eigenvalue weighted by Gasteiger charge is -2.21. The van der Waals surface area contributed by atoms with Crippen LogP contribution in [0.2, 0.25) is 0 Å². The van der Waals surface area contributed by atoms with Crippen molar-refractivity contribution in [3.8, 4) is 5.75 Å². The first kappa shape index (κ1) is 16.5. The summed E-state index contributed by atoms with van der Waals surface area (Å²) in [5, 5.41) is 6.86. The summed E-state index contributed by atoms with van der Waals surface area (Å²) in [6, 6.07) is 6.41. The van der Waals surface area contributed by atoms with Crippen molar-refractivity contribution in [1.29, 1.82) is 0 Å². The van der Waals surface area contributed by atoms with Gasteiger partial charge in [-0.3, -0.25) is 0 Å². The zero-order chi connectivity index (χ0) is 15.2. The van der Waals surface area contributed by atoms with Crippen molar-refractivity contribution >= 4 is 27.3 Å². The van der Waals surface area contributed by atoms with Crippen LogP contribution in [0.1, 0.15) is 35.7 Å². The van der Waals surface area contributed by atoms with Crippen LogP contribution in [0, 0.1) is 6.92 Å². The lowest BCUT2D eigenvalue weighted by molar-refractivity contribution is 0.397. The van der Waals surface area contributed by atoms with E-state index in [4.69, 9.17) is 4.74 Å². The number of aryl methyl sites for hydroxylation is 1. The number of benzene rings is 1. The zero-order valence-electron chi connectivity index (χ0n) is 12.6. The third-order valence-corrected chi connectivity index (χ3v) is 4.61. The number of hydrogen-bond donors (Lipinski definition) is 1. The predicted molar refractivity (Wildman–Crippen MR) is 92.3 cm³/mol. The van der Waals surface area contributed by atoms with E-state index in [-0.39, 0.29) is 6.04 Å². The molecule has 0 bridgehead atoms. The van der Waals surface area contributed by atoms with Crippen LogP contribution in [0.3, 0.4) is 0 Å². The Morgan fingerprint density at radius 2 is 2.24 bits per heavy atom. The molecule has 0 spiro atoms. The van der Waals surface area contributed by atoms with Gasteiger partial charge in [0, 0.05) is 27.9 Å².